The maximum absolute atomic E-state index is 13.0. The zero-order valence-electron chi connectivity index (χ0n) is 17.2. The molecule has 4 rings (SSSR count). The molecule has 0 unspecified atom stereocenters. The van der Waals surface area contributed by atoms with Crippen LogP contribution in [-0.4, -0.2) is 55.4 Å². The number of aliphatic hydroxyl groups is 1. The summed E-state index contributed by atoms with van der Waals surface area (Å²) in [4.78, 5) is 26.9. The number of fused-ring (bicyclic) bond motifs is 1. The number of rotatable bonds is 5. The van der Waals surface area contributed by atoms with Gasteiger partial charge < -0.3 is 28.6 Å². The van der Waals surface area contributed by atoms with Crippen molar-refractivity contribution in [3.63, 3.8) is 0 Å². The third-order valence-corrected chi connectivity index (χ3v) is 5.33. The van der Waals surface area contributed by atoms with E-state index in [-0.39, 0.29) is 12.1 Å². The number of hydrogen-bond acceptors (Lipinski definition) is 7. The highest BCUT2D eigenvalue weighted by molar-refractivity contribution is 5.96. The molecule has 1 fully saturated rings. The van der Waals surface area contributed by atoms with Crippen molar-refractivity contribution in [2.45, 2.75) is 18.6 Å². The topological polar surface area (TPSA) is 98.4 Å². The molecule has 8 heteroatoms. The van der Waals surface area contributed by atoms with Gasteiger partial charge in [-0.1, -0.05) is 18.2 Å². The predicted molar refractivity (Wildman–Crippen MR) is 113 cm³/mol. The van der Waals surface area contributed by atoms with E-state index < -0.39 is 23.7 Å². The van der Waals surface area contributed by atoms with Crippen molar-refractivity contribution in [3.8, 4) is 17.2 Å². The Morgan fingerprint density at radius 1 is 1.10 bits per heavy atom. The smallest absolute Gasteiger partial charge is 0.349 e. The number of ether oxygens (including phenoxy) is 3. The summed E-state index contributed by atoms with van der Waals surface area (Å²) in [6.07, 6.45) is -1.10. The third-order valence-electron chi connectivity index (χ3n) is 5.33. The molecule has 1 saturated heterocycles. The number of amides is 1. The Hall–Kier alpha value is -3.52. The fraction of sp³-hybridized carbons (Fsp3) is 0.304. The number of hydrogen-bond donors (Lipinski definition) is 1. The summed E-state index contributed by atoms with van der Waals surface area (Å²) in [5, 5.41) is 11.1. The number of aliphatic hydroxyl groups excluding tert-OH is 1. The number of benzene rings is 2. The van der Waals surface area contributed by atoms with Gasteiger partial charge in [-0.3, -0.25) is 4.79 Å². The molecule has 162 valence electrons. The highest BCUT2D eigenvalue weighted by Crippen LogP contribution is 2.32. The van der Waals surface area contributed by atoms with Gasteiger partial charge in [0.05, 0.1) is 26.9 Å². The highest BCUT2D eigenvalue weighted by Gasteiger charge is 2.33. The average molecular weight is 425 g/mol. The number of likely N-dealkylation sites (tertiary alicyclic amines) is 1. The summed E-state index contributed by atoms with van der Waals surface area (Å²) >= 11 is 0. The number of carbonyl (C=O) groups excluding carboxylic acids is 1. The molecule has 0 radical (unpaired) electrons. The molecular weight excluding hydrogens is 402 g/mol. The molecule has 1 amide bonds. The molecule has 1 aliphatic rings. The van der Waals surface area contributed by atoms with E-state index >= 15 is 0 Å². The lowest BCUT2D eigenvalue weighted by Gasteiger charge is -2.36. The second kappa shape index (κ2) is 8.69. The van der Waals surface area contributed by atoms with E-state index in [1.165, 1.54) is 19.1 Å². The second-order valence-electron chi connectivity index (χ2n) is 7.27. The Labute approximate surface area is 178 Å². The van der Waals surface area contributed by atoms with Crippen LogP contribution in [-0.2, 0) is 0 Å². The number of para-hydroxylation sites is 1. The Kier molecular flexibility index (Phi) is 5.81. The van der Waals surface area contributed by atoms with E-state index in [4.69, 9.17) is 18.6 Å². The van der Waals surface area contributed by atoms with Crippen LogP contribution >= 0.6 is 0 Å². The van der Waals surface area contributed by atoms with Crippen LogP contribution in [0.15, 0.2) is 57.7 Å². The minimum atomic E-state index is -0.759. The molecule has 31 heavy (non-hydrogen) atoms. The fourth-order valence-corrected chi connectivity index (χ4v) is 3.65. The van der Waals surface area contributed by atoms with E-state index in [2.05, 4.69) is 0 Å². The van der Waals surface area contributed by atoms with Crippen molar-refractivity contribution in [1.29, 1.82) is 0 Å². The molecule has 2 atom stereocenters. The third kappa shape index (κ3) is 4.20. The van der Waals surface area contributed by atoms with E-state index in [0.29, 0.717) is 41.2 Å². The van der Waals surface area contributed by atoms with Crippen molar-refractivity contribution in [2.75, 3.05) is 27.3 Å². The molecule has 2 heterocycles. The first-order valence-electron chi connectivity index (χ1n) is 9.89. The number of piperidine rings is 1. The van der Waals surface area contributed by atoms with Gasteiger partial charge in [0.2, 0.25) is 0 Å². The van der Waals surface area contributed by atoms with Crippen LogP contribution in [0.4, 0.5) is 0 Å². The van der Waals surface area contributed by atoms with E-state index in [1.54, 1.807) is 48.5 Å². The van der Waals surface area contributed by atoms with Gasteiger partial charge in [-0.15, -0.1) is 0 Å². The largest absolute Gasteiger partial charge is 0.493 e. The quantitative estimate of drug-likeness (QED) is 0.627. The van der Waals surface area contributed by atoms with Crippen molar-refractivity contribution >= 4 is 16.9 Å². The molecule has 0 saturated carbocycles. The summed E-state index contributed by atoms with van der Waals surface area (Å²) < 4.78 is 21.7. The molecule has 2 aromatic carbocycles. The average Bonchev–Trinajstić information content (AvgIpc) is 2.79. The minimum absolute atomic E-state index is 0.0417. The van der Waals surface area contributed by atoms with Crippen LogP contribution in [0.25, 0.3) is 11.0 Å². The van der Waals surface area contributed by atoms with Gasteiger partial charge in [0.1, 0.15) is 23.0 Å². The van der Waals surface area contributed by atoms with E-state index in [1.807, 2.05) is 0 Å². The zero-order valence-corrected chi connectivity index (χ0v) is 17.2. The SMILES string of the molecule is COc1ccc(O[C@@H]2CN(C(=O)c3cc4ccccc4oc3=O)CC[C@H]2O)cc1OC. The van der Waals surface area contributed by atoms with Gasteiger partial charge in [0.15, 0.2) is 11.5 Å². The lowest BCUT2D eigenvalue weighted by molar-refractivity contribution is -0.0194. The molecule has 0 bridgehead atoms. The zero-order chi connectivity index (χ0) is 22.0. The normalized spacial score (nSPS) is 18.6. The maximum Gasteiger partial charge on any atom is 0.349 e. The summed E-state index contributed by atoms with van der Waals surface area (Å²) in [5.41, 5.74) is -0.306. The molecule has 8 nitrogen and oxygen atoms in total. The Morgan fingerprint density at radius 2 is 1.87 bits per heavy atom. The van der Waals surface area contributed by atoms with Crippen LogP contribution in [0, 0.1) is 0 Å². The Balaban J connectivity index is 1.54. The summed E-state index contributed by atoms with van der Waals surface area (Å²) in [5.74, 6) is 1.07. The maximum atomic E-state index is 13.0. The lowest BCUT2D eigenvalue weighted by atomic mass is 10.0. The van der Waals surface area contributed by atoms with E-state index in [9.17, 15) is 14.7 Å². The van der Waals surface area contributed by atoms with Gasteiger partial charge in [-0.25, -0.2) is 4.79 Å². The van der Waals surface area contributed by atoms with Crippen LogP contribution in [0.1, 0.15) is 16.8 Å². The van der Waals surface area contributed by atoms with Crippen LogP contribution < -0.4 is 19.8 Å². The Morgan fingerprint density at radius 3 is 2.65 bits per heavy atom. The monoisotopic (exact) mass is 425 g/mol. The first-order chi connectivity index (χ1) is 15.0. The predicted octanol–water partition coefficient (Wildman–Crippen LogP) is 2.46. The standard InChI is InChI=1S/C23H23NO7/c1-28-19-8-7-15(12-20(19)29-2)30-21-13-24(10-9-17(21)25)22(26)16-11-14-5-3-4-6-18(14)31-23(16)27/h3-8,11-12,17,21,25H,9-10,13H2,1-2H3/t17-,21-/m1/s1. The van der Waals surface area contributed by atoms with Gasteiger partial charge in [0, 0.05) is 18.0 Å². The lowest BCUT2D eigenvalue weighted by Crippen LogP contribution is -2.52. The first-order valence-corrected chi connectivity index (χ1v) is 9.89. The molecule has 3 aromatic rings. The molecule has 0 spiro atoms. The van der Waals surface area contributed by atoms with Crippen LogP contribution in [0.3, 0.4) is 0 Å². The van der Waals surface area contributed by atoms with Crippen LogP contribution in [0.2, 0.25) is 0 Å². The fourth-order valence-electron chi connectivity index (χ4n) is 3.65. The molecule has 1 N–H and O–H groups in total. The molecule has 0 aliphatic carbocycles. The van der Waals surface area contributed by atoms with Gasteiger partial charge in [0.25, 0.3) is 5.91 Å². The van der Waals surface area contributed by atoms with Gasteiger partial charge in [-0.2, -0.15) is 0 Å². The van der Waals surface area contributed by atoms with Crippen molar-refractivity contribution in [1.82, 2.24) is 4.90 Å². The van der Waals surface area contributed by atoms with Gasteiger partial charge in [-0.05, 0) is 30.7 Å². The number of methoxy groups -OCH3 is 2. The summed E-state index contributed by atoms with van der Waals surface area (Å²) in [6, 6.07) is 13.6. The van der Waals surface area contributed by atoms with Gasteiger partial charge >= 0.3 is 5.63 Å². The van der Waals surface area contributed by atoms with Crippen molar-refractivity contribution in [3.05, 3.63) is 64.5 Å². The van der Waals surface area contributed by atoms with Crippen LogP contribution in [0.5, 0.6) is 17.2 Å². The summed E-state index contributed by atoms with van der Waals surface area (Å²) in [7, 11) is 3.06. The van der Waals surface area contributed by atoms with Crippen molar-refractivity contribution < 1.29 is 28.5 Å². The van der Waals surface area contributed by atoms with Crippen molar-refractivity contribution in [2.24, 2.45) is 0 Å². The second-order valence-corrected chi connectivity index (χ2v) is 7.27. The highest BCUT2D eigenvalue weighted by atomic mass is 16.5. The molecule has 1 aliphatic heterocycles. The number of nitrogens with zero attached hydrogens (tertiary/aromatic N) is 1. The molecule has 1 aromatic heterocycles. The summed E-state index contributed by atoms with van der Waals surface area (Å²) in [6.45, 7) is 0.429. The minimum Gasteiger partial charge on any atom is -0.493 e. The van der Waals surface area contributed by atoms with E-state index in [0.717, 1.165) is 0 Å². The first kappa shape index (κ1) is 20.7. The molecular formula is C23H23NO7. The Bertz CT molecular complexity index is 1160. The number of carbonyl (C=O) groups is 1.